The van der Waals surface area contributed by atoms with E-state index in [1.807, 2.05) is 133 Å². The molecule has 60 heavy (non-hydrogen) atoms. The molecule has 2 rings (SSSR count). The Labute approximate surface area is 358 Å². The van der Waals surface area contributed by atoms with E-state index in [9.17, 15) is 24.0 Å². The number of hydrogen-bond donors (Lipinski definition) is 1. The van der Waals surface area contributed by atoms with Gasteiger partial charge in [-0.3, -0.25) is 38.8 Å². The average Bonchev–Trinajstić information content (AvgIpc) is 3.07. The molecule has 342 valence electrons. The number of alkyl carbamates (subject to hydrolysis) is 1. The number of nitrogens with one attached hydrogen (secondary N) is 1. The fraction of sp³-hybridized carbons (Fsp3) is 0.750. The largest absolute Gasteiger partial charge is 0.459 e. The Kier molecular flexibility index (Phi) is 21.4. The number of ether oxygens (including phenoxy) is 6. The highest BCUT2D eigenvalue weighted by molar-refractivity contribution is 5.73. The zero-order valence-corrected chi connectivity index (χ0v) is 38.6. The van der Waals surface area contributed by atoms with Crippen LogP contribution in [0.15, 0.2) is 30.3 Å². The van der Waals surface area contributed by atoms with Crippen LogP contribution >= 0.6 is 0 Å². The summed E-state index contributed by atoms with van der Waals surface area (Å²) in [6.45, 7) is 25.1. The topological polar surface area (TPSA) is 166 Å². The number of hydrogen-bond acceptors (Lipinski definition) is 15. The molecule has 1 atom stereocenters. The van der Waals surface area contributed by atoms with Crippen molar-refractivity contribution in [3.8, 4) is 0 Å². The van der Waals surface area contributed by atoms with Crippen molar-refractivity contribution in [2.45, 2.75) is 125 Å². The van der Waals surface area contributed by atoms with Gasteiger partial charge in [0, 0.05) is 65.0 Å². The van der Waals surface area contributed by atoms with Crippen molar-refractivity contribution in [2.75, 3.05) is 91.8 Å². The van der Waals surface area contributed by atoms with Gasteiger partial charge in [0.15, 0.2) is 0 Å². The first-order chi connectivity index (χ1) is 27.7. The molecule has 0 saturated carbocycles. The maximum atomic E-state index is 13.5. The third-order valence-corrected chi connectivity index (χ3v) is 8.48. The molecule has 16 nitrogen and oxygen atoms in total. The van der Waals surface area contributed by atoms with Gasteiger partial charge in [0.25, 0.3) is 0 Å². The third-order valence-electron chi connectivity index (χ3n) is 8.48. The summed E-state index contributed by atoms with van der Waals surface area (Å²) in [5, 5.41) is 2.75. The molecule has 0 radical (unpaired) electrons. The van der Waals surface area contributed by atoms with Crippen LogP contribution in [0.1, 0.15) is 95.1 Å². The first-order valence-electron chi connectivity index (χ1n) is 21.1. The normalized spacial score (nSPS) is 17.4. The Morgan fingerprint density at radius 2 is 1.00 bits per heavy atom. The summed E-state index contributed by atoms with van der Waals surface area (Å²) in [6, 6.07) is 8.97. The molecule has 1 N–H and O–H groups in total. The Hall–Kier alpha value is -3.83. The molecule has 1 aromatic carbocycles. The monoisotopic (exact) mass is 850 g/mol. The fourth-order valence-corrected chi connectivity index (χ4v) is 6.14. The minimum absolute atomic E-state index is 0.00294. The molecule has 1 unspecified atom stereocenters. The van der Waals surface area contributed by atoms with Crippen molar-refractivity contribution in [3.05, 3.63) is 35.9 Å². The molecule has 1 aliphatic heterocycles. The molecule has 0 spiro atoms. The molecule has 1 heterocycles. The van der Waals surface area contributed by atoms with Crippen LogP contribution in [0.5, 0.6) is 0 Å². The highest BCUT2D eigenvalue weighted by Gasteiger charge is 2.31. The second kappa shape index (κ2) is 24.6. The van der Waals surface area contributed by atoms with E-state index in [1.165, 1.54) is 0 Å². The Balaban J connectivity index is 2.40. The van der Waals surface area contributed by atoms with Crippen molar-refractivity contribution < 1.29 is 52.4 Å². The molecule has 16 heteroatoms. The van der Waals surface area contributed by atoms with Gasteiger partial charge >= 0.3 is 30.0 Å². The number of benzene rings is 1. The molecule has 1 aliphatic rings. The number of carbonyl (C=O) groups is 5. The van der Waals surface area contributed by atoms with Gasteiger partial charge in [-0.1, -0.05) is 30.3 Å². The van der Waals surface area contributed by atoms with E-state index in [-0.39, 0.29) is 52.0 Å². The van der Waals surface area contributed by atoms with Crippen LogP contribution < -0.4 is 5.32 Å². The quantitative estimate of drug-likeness (QED) is 0.142. The van der Waals surface area contributed by atoms with Gasteiger partial charge in [0.1, 0.15) is 29.0 Å². The van der Waals surface area contributed by atoms with Crippen molar-refractivity contribution in [3.63, 3.8) is 0 Å². The number of rotatable bonds is 16. The summed E-state index contributed by atoms with van der Waals surface area (Å²) in [7, 11) is 0. The minimum atomic E-state index is -0.728. The van der Waals surface area contributed by atoms with Crippen LogP contribution in [-0.4, -0.2) is 170 Å². The highest BCUT2D eigenvalue weighted by Crippen LogP contribution is 2.15. The lowest BCUT2D eigenvalue weighted by molar-refractivity contribution is -0.160. The van der Waals surface area contributed by atoms with Gasteiger partial charge in [-0.05, 0) is 95.1 Å². The number of amides is 1. The average molecular weight is 850 g/mol. The standard InChI is InChI=1S/C44H75N5O11/c1-41(2,3)57-36(50)28-46-20-21-47(29-37(51)58-42(4,5)6)24-25-49(31-39(53)60-44(10,11)12)35(27-48(23-22-46)30-38(52)59-43(7,8)9)33-55-26-16-19-45-40(54)56-32-34-17-14-13-15-18-34/h13-15,17-18,35H,16,19-33H2,1-12H3,(H,45,54). The Morgan fingerprint density at radius 3 is 1.47 bits per heavy atom. The minimum Gasteiger partial charge on any atom is -0.459 e. The highest BCUT2D eigenvalue weighted by atomic mass is 16.6. The number of nitrogens with zero attached hydrogens (tertiary/aromatic N) is 4. The van der Waals surface area contributed by atoms with E-state index >= 15 is 0 Å². The van der Waals surface area contributed by atoms with Crippen molar-refractivity contribution in [2.24, 2.45) is 0 Å². The third kappa shape index (κ3) is 25.7. The van der Waals surface area contributed by atoms with Crippen LogP contribution in [-0.2, 0) is 54.2 Å². The second-order valence-corrected chi connectivity index (χ2v) is 19.2. The summed E-state index contributed by atoms with van der Waals surface area (Å²) >= 11 is 0. The van der Waals surface area contributed by atoms with Crippen molar-refractivity contribution in [1.82, 2.24) is 24.9 Å². The van der Waals surface area contributed by atoms with E-state index in [2.05, 4.69) is 5.32 Å². The van der Waals surface area contributed by atoms with Crippen LogP contribution in [0.25, 0.3) is 0 Å². The molecule has 1 amide bonds. The summed E-state index contributed by atoms with van der Waals surface area (Å²) < 4.78 is 34.4. The lowest BCUT2D eigenvalue weighted by Gasteiger charge is -2.38. The maximum Gasteiger partial charge on any atom is 0.407 e. The second-order valence-electron chi connectivity index (χ2n) is 19.2. The predicted molar refractivity (Wildman–Crippen MR) is 228 cm³/mol. The Bertz CT molecular complexity index is 1480. The van der Waals surface area contributed by atoms with Gasteiger partial charge in [0.2, 0.25) is 0 Å². The molecule has 1 saturated heterocycles. The summed E-state index contributed by atoms with van der Waals surface area (Å²) in [4.78, 5) is 73.2. The van der Waals surface area contributed by atoms with E-state index in [0.29, 0.717) is 58.8 Å². The van der Waals surface area contributed by atoms with Gasteiger partial charge in [0.05, 0.1) is 32.8 Å². The number of carbonyl (C=O) groups excluding carboxylic acids is 5. The van der Waals surface area contributed by atoms with Crippen LogP contribution in [0, 0.1) is 0 Å². The summed E-state index contributed by atoms with van der Waals surface area (Å²) in [5.41, 5.74) is -1.92. The summed E-state index contributed by atoms with van der Waals surface area (Å²) in [6.07, 6.45) is -0.0411. The van der Waals surface area contributed by atoms with Crippen LogP contribution in [0.3, 0.4) is 0 Å². The first-order valence-corrected chi connectivity index (χ1v) is 21.1. The van der Waals surface area contributed by atoms with E-state index in [0.717, 1.165) is 5.56 Å². The first kappa shape index (κ1) is 52.3. The van der Waals surface area contributed by atoms with Gasteiger partial charge < -0.3 is 33.7 Å². The molecule has 0 bridgehead atoms. The molecule has 1 aromatic rings. The van der Waals surface area contributed by atoms with Crippen molar-refractivity contribution >= 4 is 30.0 Å². The molecule has 0 aliphatic carbocycles. The molecule has 0 aromatic heterocycles. The Morgan fingerprint density at radius 1 is 0.583 bits per heavy atom. The smallest absolute Gasteiger partial charge is 0.407 e. The van der Waals surface area contributed by atoms with Crippen molar-refractivity contribution in [1.29, 1.82) is 0 Å². The van der Waals surface area contributed by atoms with Gasteiger partial charge in [-0.2, -0.15) is 0 Å². The van der Waals surface area contributed by atoms with E-state index in [1.54, 1.807) is 0 Å². The molecular weight excluding hydrogens is 775 g/mol. The predicted octanol–water partition coefficient (Wildman–Crippen LogP) is 4.28. The maximum absolute atomic E-state index is 13.5. The molecule has 1 fully saturated rings. The van der Waals surface area contributed by atoms with E-state index in [4.69, 9.17) is 28.4 Å². The summed E-state index contributed by atoms with van der Waals surface area (Å²) in [5.74, 6) is -1.63. The van der Waals surface area contributed by atoms with Gasteiger partial charge in [-0.15, -0.1) is 0 Å². The zero-order valence-electron chi connectivity index (χ0n) is 38.6. The SMILES string of the molecule is CC(C)(C)OC(=O)CN1CCN(CC(=O)OC(C)(C)C)CCN(CC(=O)OC(C)(C)C)C(COCCCNC(=O)OCc2ccccc2)CN(CC(=O)OC(C)(C)C)CC1. The van der Waals surface area contributed by atoms with Crippen LogP contribution in [0.4, 0.5) is 4.79 Å². The lowest BCUT2D eigenvalue weighted by Crippen LogP contribution is -2.55. The molecular formula is C44H75N5O11. The fourth-order valence-electron chi connectivity index (χ4n) is 6.14. The van der Waals surface area contributed by atoms with Gasteiger partial charge in [-0.25, -0.2) is 4.79 Å². The zero-order chi connectivity index (χ0) is 45.1. The van der Waals surface area contributed by atoms with E-state index < -0.39 is 52.4 Å². The van der Waals surface area contributed by atoms with Crippen LogP contribution in [0.2, 0.25) is 0 Å². The number of esters is 4. The lowest BCUT2D eigenvalue weighted by atomic mass is 10.2.